The molecule has 0 N–H and O–H groups in total. The van der Waals surface area contributed by atoms with Gasteiger partial charge < -0.3 is 0 Å². The highest BCUT2D eigenvalue weighted by molar-refractivity contribution is 8.16. The van der Waals surface area contributed by atoms with Gasteiger partial charge in [-0.05, 0) is 24.3 Å². The van der Waals surface area contributed by atoms with E-state index in [1.165, 1.54) is 88.6 Å². The molecule has 0 aliphatic rings. The highest BCUT2D eigenvalue weighted by Crippen LogP contribution is 2.35. The van der Waals surface area contributed by atoms with Crippen LogP contribution in [0.4, 0.5) is 0 Å². The molecule has 0 atom stereocenters. The maximum absolute atomic E-state index is 4.44. The minimum Gasteiger partial charge on any atom is -0.225 e. The van der Waals surface area contributed by atoms with Crippen molar-refractivity contribution in [2.24, 2.45) is 0 Å². The molecule has 4 heteroatoms. The van der Waals surface area contributed by atoms with Crippen molar-refractivity contribution >= 4 is 10.9 Å². The first-order chi connectivity index (χ1) is 11.4. The van der Waals surface area contributed by atoms with Crippen LogP contribution in [-0.2, 0) is 0 Å². The van der Waals surface area contributed by atoms with Gasteiger partial charge in [0.2, 0.25) is 0 Å². The van der Waals surface area contributed by atoms with Gasteiger partial charge >= 0.3 is 0 Å². The van der Waals surface area contributed by atoms with Gasteiger partial charge in [-0.3, -0.25) is 0 Å². The highest BCUT2D eigenvalue weighted by atomic mass is 32.2. The van der Waals surface area contributed by atoms with Crippen molar-refractivity contribution in [3.8, 4) is 0 Å². The Bertz CT molecular complexity index is 343. The van der Waals surface area contributed by atoms with Crippen LogP contribution < -0.4 is 0 Å². The van der Waals surface area contributed by atoms with Gasteiger partial charge in [0.05, 0.1) is 0 Å². The summed E-state index contributed by atoms with van der Waals surface area (Å²) in [5.74, 6) is 2.61. The summed E-state index contributed by atoms with van der Waals surface area (Å²) in [4.78, 5) is 12.9. The van der Waals surface area contributed by atoms with Gasteiger partial charge in [-0.2, -0.15) is 10.9 Å². The molecular formula is C19H37N3S. The molecule has 23 heavy (non-hydrogen) atoms. The molecule has 0 unspecified atom stereocenters. The lowest BCUT2D eigenvalue weighted by atomic mass is 10.1. The molecule has 0 fully saturated rings. The first-order valence-electron chi connectivity index (χ1n) is 9.75. The Kier molecular flexibility index (Phi) is 13.2. The van der Waals surface area contributed by atoms with E-state index in [2.05, 4.69) is 28.8 Å². The summed E-state index contributed by atoms with van der Waals surface area (Å²) in [6, 6.07) is 0. The van der Waals surface area contributed by atoms with E-state index >= 15 is 0 Å². The molecule has 0 saturated heterocycles. The summed E-state index contributed by atoms with van der Waals surface area (Å²) >= 11 is 0. The quantitative estimate of drug-likeness (QED) is 0.317. The number of nitrogens with zero attached hydrogens (tertiary/aromatic N) is 3. The summed E-state index contributed by atoms with van der Waals surface area (Å²) in [5.41, 5.74) is 0. The van der Waals surface area contributed by atoms with Gasteiger partial charge in [0.15, 0.2) is 5.16 Å². The molecule has 0 saturated carbocycles. The van der Waals surface area contributed by atoms with Gasteiger partial charge in [0.1, 0.15) is 12.7 Å². The van der Waals surface area contributed by atoms with Crippen LogP contribution in [0.1, 0.15) is 90.9 Å². The lowest BCUT2D eigenvalue weighted by molar-refractivity contribution is 0.622. The Labute approximate surface area is 146 Å². The Hall–Kier alpha value is -0.640. The molecule has 3 nitrogen and oxygen atoms in total. The molecule has 0 aliphatic carbocycles. The second-order valence-electron chi connectivity index (χ2n) is 6.46. The van der Waals surface area contributed by atoms with Gasteiger partial charge in [0, 0.05) is 0 Å². The third kappa shape index (κ3) is 10.7. The fourth-order valence-electron chi connectivity index (χ4n) is 2.87. The summed E-state index contributed by atoms with van der Waals surface area (Å²) in [6.07, 6.45) is 19.8. The molecule has 1 heterocycles. The number of hydrogen-bond acceptors (Lipinski definition) is 3. The molecule has 1 aromatic rings. The zero-order valence-electron chi connectivity index (χ0n) is 15.3. The first-order valence-corrected chi connectivity index (χ1v) is 11.5. The average Bonchev–Trinajstić information content (AvgIpc) is 2.60. The third-order valence-corrected chi connectivity index (χ3v) is 6.83. The van der Waals surface area contributed by atoms with E-state index in [1.54, 1.807) is 12.7 Å². The fourth-order valence-corrected chi connectivity index (χ4v) is 5.14. The average molecular weight is 340 g/mol. The predicted octanol–water partition coefficient (Wildman–Crippen LogP) is 5.95. The maximum atomic E-state index is 4.44. The van der Waals surface area contributed by atoms with Crippen molar-refractivity contribution in [2.45, 2.75) is 96.1 Å². The molecule has 134 valence electrons. The van der Waals surface area contributed by atoms with Crippen LogP contribution in [0, 0.1) is 0 Å². The summed E-state index contributed by atoms with van der Waals surface area (Å²) in [5, 5.41) is 1.08. The van der Waals surface area contributed by atoms with E-state index in [1.807, 2.05) is 0 Å². The van der Waals surface area contributed by atoms with Crippen LogP contribution in [0.25, 0.3) is 0 Å². The van der Waals surface area contributed by atoms with Gasteiger partial charge in [0.25, 0.3) is 0 Å². The molecule has 0 spiro atoms. The topological polar surface area (TPSA) is 38.7 Å². The molecule has 0 amide bonds. The van der Waals surface area contributed by atoms with E-state index in [0.717, 1.165) is 5.16 Å². The van der Waals surface area contributed by atoms with Crippen LogP contribution in [0.5, 0.6) is 0 Å². The normalized spacial score (nSPS) is 11.7. The van der Waals surface area contributed by atoms with Crippen molar-refractivity contribution in [1.82, 2.24) is 15.0 Å². The minimum atomic E-state index is -0.167. The van der Waals surface area contributed by atoms with Gasteiger partial charge in [-0.1, -0.05) is 78.1 Å². The lowest BCUT2D eigenvalue weighted by Crippen LogP contribution is -2.01. The van der Waals surface area contributed by atoms with E-state index in [9.17, 15) is 0 Å². The van der Waals surface area contributed by atoms with Crippen LogP contribution in [0.15, 0.2) is 17.8 Å². The second-order valence-corrected chi connectivity index (χ2v) is 8.83. The molecule has 1 aromatic heterocycles. The van der Waals surface area contributed by atoms with E-state index in [-0.39, 0.29) is 10.9 Å². The molecule has 0 radical (unpaired) electrons. The summed E-state index contributed by atoms with van der Waals surface area (Å²) < 4.78 is 0. The number of aromatic nitrogens is 3. The zero-order valence-corrected chi connectivity index (χ0v) is 16.2. The van der Waals surface area contributed by atoms with Crippen LogP contribution in [0.2, 0.25) is 0 Å². The third-order valence-electron chi connectivity index (χ3n) is 4.33. The largest absolute Gasteiger partial charge is 0.225 e. The predicted molar refractivity (Wildman–Crippen MR) is 104 cm³/mol. The number of thiol groups is 1. The van der Waals surface area contributed by atoms with Crippen molar-refractivity contribution in [2.75, 3.05) is 11.5 Å². The zero-order chi connectivity index (χ0) is 16.6. The lowest BCUT2D eigenvalue weighted by Gasteiger charge is -2.19. The maximum Gasteiger partial charge on any atom is 0.170 e. The molecule has 0 bridgehead atoms. The Morgan fingerprint density at radius 1 is 0.652 bits per heavy atom. The van der Waals surface area contributed by atoms with Crippen LogP contribution in [-0.4, -0.2) is 26.5 Å². The van der Waals surface area contributed by atoms with Gasteiger partial charge in [-0.15, -0.1) is 0 Å². The molecule has 0 aliphatic heterocycles. The van der Waals surface area contributed by atoms with E-state index in [4.69, 9.17) is 0 Å². The number of unbranched alkanes of at least 4 members (excludes halogenated alkanes) is 10. The molecular weight excluding hydrogens is 302 g/mol. The van der Waals surface area contributed by atoms with E-state index in [0.29, 0.717) is 0 Å². The van der Waals surface area contributed by atoms with E-state index < -0.39 is 0 Å². The SMILES string of the molecule is CCCCCCCC[SH](CCCCCCCC)c1ncncn1. The number of rotatable bonds is 15. The molecule has 0 aromatic carbocycles. The summed E-state index contributed by atoms with van der Waals surface area (Å²) in [7, 11) is -0.167. The van der Waals surface area contributed by atoms with Crippen LogP contribution >= 0.6 is 10.9 Å². The monoisotopic (exact) mass is 339 g/mol. The van der Waals surface area contributed by atoms with Crippen molar-refractivity contribution < 1.29 is 0 Å². The molecule has 1 rings (SSSR count). The Morgan fingerprint density at radius 2 is 1.09 bits per heavy atom. The fraction of sp³-hybridized carbons (Fsp3) is 0.842. The first kappa shape index (κ1) is 20.4. The highest BCUT2D eigenvalue weighted by Gasteiger charge is 2.09. The standard InChI is InChI=1S/C19H37N3S/c1-3-5-7-9-11-13-15-23(19-21-17-20-18-22-19)16-14-12-10-8-6-4-2/h17-18,23H,3-16H2,1-2H3. The van der Waals surface area contributed by atoms with Crippen molar-refractivity contribution in [1.29, 1.82) is 0 Å². The minimum absolute atomic E-state index is 0.167. The van der Waals surface area contributed by atoms with Crippen LogP contribution in [0.3, 0.4) is 0 Å². The van der Waals surface area contributed by atoms with Gasteiger partial charge in [-0.25, -0.2) is 15.0 Å². The van der Waals surface area contributed by atoms with Crippen molar-refractivity contribution in [3.63, 3.8) is 0 Å². The Balaban J connectivity index is 2.26. The Morgan fingerprint density at radius 3 is 1.57 bits per heavy atom. The number of hydrogen-bond donors (Lipinski definition) is 1. The smallest absolute Gasteiger partial charge is 0.170 e. The summed E-state index contributed by atoms with van der Waals surface area (Å²) in [6.45, 7) is 4.56. The second kappa shape index (κ2) is 14.9. The van der Waals surface area contributed by atoms with Crippen molar-refractivity contribution in [3.05, 3.63) is 12.7 Å².